The molecule has 1 saturated heterocycles. The Balaban J connectivity index is 1.92. The minimum absolute atomic E-state index is 0.352. The minimum atomic E-state index is 0.352. The summed E-state index contributed by atoms with van der Waals surface area (Å²) in [5.41, 5.74) is 7.77. The summed E-state index contributed by atoms with van der Waals surface area (Å²) in [4.78, 5) is 11.3. The Kier molecular flexibility index (Phi) is 4.01. The van der Waals surface area contributed by atoms with Gasteiger partial charge in [0.2, 0.25) is 5.95 Å². The normalized spacial score (nSPS) is 18.0. The highest BCUT2D eigenvalue weighted by Crippen LogP contribution is 2.26. The van der Waals surface area contributed by atoms with Crippen LogP contribution in [0.3, 0.4) is 0 Å². The average molecular weight is 284 g/mol. The van der Waals surface area contributed by atoms with Crippen molar-refractivity contribution in [2.75, 3.05) is 25.1 Å². The van der Waals surface area contributed by atoms with Gasteiger partial charge in [-0.05, 0) is 31.0 Å². The fraction of sp³-hybridized carbons (Fsp3) is 0.375. The van der Waals surface area contributed by atoms with Gasteiger partial charge in [-0.2, -0.15) is 0 Å². The van der Waals surface area contributed by atoms with Gasteiger partial charge in [0.15, 0.2) is 0 Å². The summed E-state index contributed by atoms with van der Waals surface area (Å²) in [6, 6.07) is 10.2. The van der Waals surface area contributed by atoms with E-state index in [4.69, 9.17) is 15.5 Å². The number of nitrogens with two attached hydrogens (primary N) is 1. The number of ether oxygens (including phenoxy) is 1. The minimum Gasteiger partial charge on any atom is -0.497 e. The lowest BCUT2D eigenvalue weighted by Crippen LogP contribution is -2.36. The molecule has 2 aromatic rings. The molecule has 1 unspecified atom stereocenters. The van der Waals surface area contributed by atoms with E-state index in [9.17, 15) is 0 Å². The van der Waals surface area contributed by atoms with Gasteiger partial charge in [-0.1, -0.05) is 12.1 Å². The third kappa shape index (κ3) is 2.83. The van der Waals surface area contributed by atoms with E-state index in [1.807, 2.05) is 36.5 Å². The van der Waals surface area contributed by atoms with Crippen LogP contribution in [-0.2, 0) is 0 Å². The van der Waals surface area contributed by atoms with Crippen LogP contribution in [0.5, 0.6) is 5.75 Å². The van der Waals surface area contributed by atoms with Gasteiger partial charge in [-0.3, -0.25) is 0 Å². The summed E-state index contributed by atoms with van der Waals surface area (Å²) in [6.45, 7) is 1.62. The van der Waals surface area contributed by atoms with Crippen LogP contribution in [0.15, 0.2) is 36.5 Å². The lowest BCUT2D eigenvalue weighted by atomic mass is 10.1. The lowest BCUT2D eigenvalue weighted by Gasteiger charge is -2.23. The summed E-state index contributed by atoms with van der Waals surface area (Å²) in [5.74, 6) is 1.59. The highest BCUT2D eigenvalue weighted by Gasteiger charge is 2.25. The van der Waals surface area contributed by atoms with Crippen molar-refractivity contribution >= 4 is 5.95 Å². The maximum absolute atomic E-state index is 5.83. The van der Waals surface area contributed by atoms with Gasteiger partial charge in [0, 0.05) is 30.9 Å². The Morgan fingerprint density at radius 2 is 2.29 bits per heavy atom. The smallest absolute Gasteiger partial charge is 0.226 e. The molecule has 2 N–H and O–H groups in total. The number of hydrogen-bond acceptors (Lipinski definition) is 5. The monoisotopic (exact) mass is 284 g/mol. The third-order valence-electron chi connectivity index (χ3n) is 3.91. The number of methoxy groups -OCH3 is 1. The number of nitrogens with zero attached hydrogens (tertiary/aromatic N) is 3. The number of aromatic nitrogens is 2. The molecule has 0 spiro atoms. The Morgan fingerprint density at radius 3 is 3.10 bits per heavy atom. The summed E-state index contributed by atoms with van der Waals surface area (Å²) in [6.07, 6.45) is 4.07. The van der Waals surface area contributed by atoms with Crippen LogP contribution in [0.25, 0.3) is 11.3 Å². The van der Waals surface area contributed by atoms with Crippen LogP contribution < -0.4 is 15.4 Å². The van der Waals surface area contributed by atoms with E-state index in [-0.39, 0.29) is 0 Å². The molecule has 21 heavy (non-hydrogen) atoms. The molecule has 1 aliphatic rings. The molecule has 1 fully saturated rings. The van der Waals surface area contributed by atoms with Crippen LogP contribution in [0.2, 0.25) is 0 Å². The van der Waals surface area contributed by atoms with Crippen molar-refractivity contribution < 1.29 is 4.74 Å². The summed E-state index contributed by atoms with van der Waals surface area (Å²) < 4.78 is 5.27. The zero-order valence-corrected chi connectivity index (χ0v) is 12.2. The Bertz CT molecular complexity index is 617. The summed E-state index contributed by atoms with van der Waals surface area (Å²) in [7, 11) is 1.67. The molecule has 5 heteroatoms. The first-order valence-electron chi connectivity index (χ1n) is 7.26. The summed E-state index contributed by atoms with van der Waals surface area (Å²) >= 11 is 0. The van der Waals surface area contributed by atoms with Crippen LogP contribution in [0.1, 0.15) is 12.8 Å². The maximum atomic E-state index is 5.83. The van der Waals surface area contributed by atoms with Crippen LogP contribution >= 0.6 is 0 Å². The Labute approximate surface area is 124 Å². The molecule has 0 amide bonds. The van der Waals surface area contributed by atoms with Crippen molar-refractivity contribution in [3.8, 4) is 17.0 Å². The first kappa shape index (κ1) is 13.8. The zero-order valence-electron chi connectivity index (χ0n) is 12.2. The van der Waals surface area contributed by atoms with Crippen LogP contribution in [0, 0.1) is 0 Å². The van der Waals surface area contributed by atoms with Crippen molar-refractivity contribution in [2.45, 2.75) is 18.9 Å². The topological polar surface area (TPSA) is 64.3 Å². The van der Waals surface area contributed by atoms with Crippen molar-refractivity contribution in [3.63, 3.8) is 0 Å². The molecule has 5 nitrogen and oxygen atoms in total. The lowest BCUT2D eigenvalue weighted by molar-refractivity contribution is 0.415. The SMILES string of the molecule is COc1cccc(-c2ccnc(N3CCCC3CN)n2)c1. The molecule has 0 aliphatic carbocycles. The second kappa shape index (κ2) is 6.10. The van der Waals surface area contributed by atoms with Gasteiger partial charge in [0.1, 0.15) is 5.75 Å². The quantitative estimate of drug-likeness (QED) is 0.931. The maximum Gasteiger partial charge on any atom is 0.226 e. The number of benzene rings is 1. The summed E-state index contributed by atoms with van der Waals surface area (Å²) in [5, 5.41) is 0. The van der Waals surface area contributed by atoms with E-state index in [0.717, 1.165) is 42.3 Å². The number of rotatable bonds is 4. The predicted molar refractivity (Wildman–Crippen MR) is 83.4 cm³/mol. The highest BCUT2D eigenvalue weighted by atomic mass is 16.5. The number of hydrogen-bond donors (Lipinski definition) is 1. The number of anilines is 1. The molecule has 1 aliphatic heterocycles. The van der Waals surface area contributed by atoms with Gasteiger partial charge in [0.25, 0.3) is 0 Å². The second-order valence-corrected chi connectivity index (χ2v) is 5.20. The fourth-order valence-electron chi connectivity index (χ4n) is 2.77. The van der Waals surface area contributed by atoms with Crippen LogP contribution in [-0.4, -0.2) is 36.2 Å². The van der Waals surface area contributed by atoms with Crippen molar-refractivity contribution in [1.29, 1.82) is 0 Å². The van der Waals surface area contributed by atoms with Gasteiger partial charge < -0.3 is 15.4 Å². The molecular formula is C16H20N4O. The van der Waals surface area contributed by atoms with E-state index in [1.165, 1.54) is 0 Å². The highest BCUT2D eigenvalue weighted by molar-refractivity contribution is 5.62. The Morgan fingerprint density at radius 1 is 1.38 bits per heavy atom. The van der Waals surface area contributed by atoms with Crippen molar-refractivity contribution in [1.82, 2.24) is 9.97 Å². The van der Waals surface area contributed by atoms with Gasteiger partial charge in [-0.15, -0.1) is 0 Å². The molecule has 110 valence electrons. The largest absolute Gasteiger partial charge is 0.497 e. The molecule has 1 aromatic heterocycles. The van der Waals surface area contributed by atoms with Crippen molar-refractivity contribution in [2.24, 2.45) is 5.73 Å². The molecule has 2 heterocycles. The first-order valence-corrected chi connectivity index (χ1v) is 7.26. The molecule has 0 bridgehead atoms. The van der Waals surface area contributed by atoms with Gasteiger partial charge >= 0.3 is 0 Å². The van der Waals surface area contributed by atoms with Crippen molar-refractivity contribution in [3.05, 3.63) is 36.5 Å². The molecule has 1 aromatic carbocycles. The molecule has 0 radical (unpaired) electrons. The van der Waals surface area contributed by atoms with Gasteiger partial charge in [0.05, 0.1) is 12.8 Å². The van der Waals surface area contributed by atoms with E-state index in [1.54, 1.807) is 7.11 Å². The molecule has 0 saturated carbocycles. The standard InChI is InChI=1S/C16H20N4O/c1-21-14-6-2-4-12(10-14)15-7-8-18-16(19-15)20-9-3-5-13(20)11-17/h2,4,6-8,10,13H,3,5,9,11,17H2,1H3. The van der Waals surface area contributed by atoms with Gasteiger partial charge in [-0.25, -0.2) is 9.97 Å². The molecular weight excluding hydrogens is 264 g/mol. The van der Waals surface area contributed by atoms with E-state index >= 15 is 0 Å². The zero-order chi connectivity index (χ0) is 14.7. The van der Waals surface area contributed by atoms with Crippen LogP contribution in [0.4, 0.5) is 5.95 Å². The molecule has 1 atom stereocenters. The fourth-order valence-corrected chi connectivity index (χ4v) is 2.77. The predicted octanol–water partition coefficient (Wildman–Crippen LogP) is 2.08. The first-order chi connectivity index (χ1) is 10.3. The second-order valence-electron chi connectivity index (χ2n) is 5.20. The van der Waals surface area contributed by atoms with E-state index in [0.29, 0.717) is 12.6 Å². The van der Waals surface area contributed by atoms with E-state index < -0.39 is 0 Å². The third-order valence-corrected chi connectivity index (χ3v) is 3.91. The molecule has 3 rings (SSSR count). The average Bonchev–Trinajstić information content (AvgIpc) is 3.03. The van der Waals surface area contributed by atoms with E-state index in [2.05, 4.69) is 9.88 Å². The Hall–Kier alpha value is -2.14.